The second-order valence-electron chi connectivity index (χ2n) is 6.90. The highest BCUT2D eigenvalue weighted by Gasteiger charge is 2.33. The molecule has 5 heteroatoms. The molecule has 0 bridgehead atoms. The molecule has 0 radical (unpaired) electrons. The monoisotopic (exact) mass is 334 g/mol. The summed E-state index contributed by atoms with van der Waals surface area (Å²) in [5.41, 5.74) is 2.35. The second-order valence-corrected chi connectivity index (χ2v) is 6.90. The number of benzene rings is 1. The Balaban J connectivity index is 1.70. The molecule has 0 aromatic heterocycles. The molecule has 0 unspecified atom stereocenters. The fraction of sp³-hybridized carbons (Fsp3) is 0.632. The number of nitrogens with one attached hydrogen (secondary N) is 1. The molecule has 1 aliphatic heterocycles. The van der Waals surface area contributed by atoms with Crippen molar-refractivity contribution in [3.05, 3.63) is 29.3 Å². The van der Waals surface area contributed by atoms with Gasteiger partial charge in [0.1, 0.15) is 12.4 Å². The molecule has 0 atom stereocenters. The Hall–Kier alpha value is -1.75. The van der Waals surface area contributed by atoms with Crippen LogP contribution >= 0.6 is 0 Å². The van der Waals surface area contributed by atoms with E-state index in [4.69, 9.17) is 4.74 Å². The minimum Gasteiger partial charge on any atom is -0.492 e. The lowest BCUT2D eigenvalue weighted by Crippen LogP contribution is -2.48. The summed E-state index contributed by atoms with van der Waals surface area (Å²) >= 11 is 0. The van der Waals surface area contributed by atoms with E-state index in [-0.39, 0.29) is 18.1 Å². The molecule has 2 N–H and O–H groups in total. The van der Waals surface area contributed by atoms with Crippen LogP contribution in [0.2, 0.25) is 0 Å². The smallest absolute Gasteiger partial charge is 0.317 e. The first-order valence-electron chi connectivity index (χ1n) is 8.83. The first-order chi connectivity index (χ1) is 11.5. The van der Waals surface area contributed by atoms with Gasteiger partial charge < -0.3 is 20.1 Å². The van der Waals surface area contributed by atoms with Gasteiger partial charge in [0, 0.05) is 19.7 Å². The second kappa shape index (κ2) is 8.38. The predicted octanol–water partition coefficient (Wildman–Crippen LogP) is 2.88. The first-order valence-corrected chi connectivity index (χ1v) is 8.83. The quantitative estimate of drug-likeness (QED) is 0.787. The molecule has 1 aromatic rings. The molecule has 0 aliphatic carbocycles. The Morgan fingerprint density at radius 3 is 2.42 bits per heavy atom. The van der Waals surface area contributed by atoms with Crippen molar-refractivity contribution in [2.24, 2.45) is 5.41 Å². The lowest BCUT2D eigenvalue weighted by Gasteiger charge is -2.40. The van der Waals surface area contributed by atoms with Crippen molar-refractivity contribution in [2.45, 2.75) is 40.0 Å². The summed E-state index contributed by atoms with van der Waals surface area (Å²) in [6, 6.07) is 6.06. The standard InChI is InChI=1S/C19H30N2O3/c1-4-19(14-22)5-8-21(9-6-19)18(23)20-7-10-24-17-12-15(2)11-16(3)13-17/h11-13,22H,4-10,14H2,1-3H3,(H,20,23). The highest BCUT2D eigenvalue weighted by atomic mass is 16.5. The molecule has 24 heavy (non-hydrogen) atoms. The Morgan fingerprint density at radius 2 is 1.88 bits per heavy atom. The Kier molecular flexibility index (Phi) is 6.49. The van der Waals surface area contributed by atoms with Gasteiger partial charge in [-0.3, -0.25) is 0 Å². The van der Waals surface area contributed by atoms with E-state index in [1.165, 1.54) is 11.1 Å². The van der Waals surface area contributed by atoms with Crippen molar-refractivity contribution in [1.29, 1.82) is 0 Å². The van der Waals surface area contributed by atoms with Gasteiger partial charge in [-0.1, -0.05) is 13.0 Å². The normalized spacial score (nSPS) is 16.8. The van der Waals surface area contributed by atoms with E-state index in [0.29, 0.717) is 26.2 Å². The number of rotatable bonds is 6. The van der Waals surface area contributed by atoms with Gasteiger partial charge in [-0.25, -0.2) is 4.79 Å². The Morgan fingerprint density at radius 1 is 1.25 bits per heavy atom. The number of aryl methyl sites for hydroxylation is 2. The minimum absolute atomic E-state index is 0.00290. The van der Waals surface area contributed by atoms with Crippen LogP contribution in [-0.2, 0) is 0 Å². The fourth-order valence-corrected chi connectivity index (χ4v) is 3.26. The molecule has 0 spiro atoms. The van der Waals surface area contributed by atoms with Gasteiger partial charge in [0.15, 0.2) is 0 Å². The first kappa shape index (κ1) is 18.6. The van der Waals surface area contributed by atoms with Gasteiger partial charge >= 0.3 is 6.03 Å². The van der Waals surface area contributed by atoms with Crippen molar-refractivity contribution in [1.82, 2.24) is 10.2 Å². The number of carbonyl (C=O) groups is 1. The van der Waals surface area contributed by atoms with E-state index < -0.39 is 0 Å². The number of likely N-dealkylation sites (tertiary alicyclic amines) is 1. The third-order valence-electron chi connectivity index (χ3n) is 5.04. The number of aliphatic hydroxyl groups is 1. The highest BCUT2D eigenvalue weighted by Crippen LogP contribution is 2.34. The number of hydrogen-bond donors (Lipinski definition) is 2. The number of carbonyl (C=O) groups excluding carboxylic acids is 1. The average molecular weight is 334 g/mol. The maximum absolute atomic E-state index is 12.2. The average Bonchev–Trinajstić information content (AvgIpc) is 2.58. The number of aliphatic hydroxyl groups excluding tert-OH is 1. The third-order valence-corrected chi connectivity index (χ3v) is 5.04. The van der Waals surface area contributed by atoms with Crippen molar-refractivity contribution in [3.63, 3.8) is 0 Å². The minimum atomic E-state index is -0.0401. The third kappa shape index (κ3) is 4.87. The van der Waals surface area contributed by atoms with Crippen molar-refractivity contribution >= 4 is 6.03 Å². The summed E-state index contributed by atoms with van der Waals surface area (Å²) in [6.07, 6.45) is 2.70. The summed E-state index contributed by atoms with van der Waals surface area (Å²) in [6.45, 7) is 8.76. The molecule has 1 aliphatic rings. The summed E-state index contributed by atoms with van der Waals surface area (Å²) in [5.74, 6) is 0.843. The summed E-state index contributed by atoms with van der Waals surface area (Å²) in [5, 5.41) is 12.5. The van der Waals surface area contributed by atoms with Crippen LogP contribution in [0.15, 0.2) is 18.2 Å². The fourth-order valence-electron chi connectivity index (χ4n) is 3.26. The van der Waals surface area contributed by atoms with E-state index in [1.807, 2.05) is 30.9 Å². The topological polar surface area (TPSA) is 61.8 Å². The molecule has 2 amide bonds. The highest BCUT2D eigenvalue weighted by molar-refractivity contribution is 5.74. The van der Waals surface area contributed by atoms with Crippen LogP contribution in [0.5, 0.6) is 5.75 Å². The summed E-state index contributed by atoms with van der Waals surface area (Å²) in [4.78, 5) is 14.0. The molecule has 1 fully saturated rings. The summed E-state index contributed by atoms with van der Waals surface area (Å²) in [7, 11) is 0. The molecule has 5 nitrogen and oxygen atoms in total. The molecule has 134 valence electrons. The largest absolute Gasteiger partial charge is 0.492 e. The molecular weight excluding hydrogens is 304 g/mol. The zero-order chi connectivity index (χ0) is 17.6. The molecule has 0 saturated carbocycles. The zero-order valence-electron chi connectivity index (χ0n) is 15.1. The van der Waals surface area contributed by atoms with Crippen LogP contribution in [-0.4, -0.2) is 48.9 Å². The maximum Gasteiger partial charge on any atom is 0.317 e. The van der Waals surface area contributed by atoms with Gasteiger partial charge in [-0.2, -0.15) is 0 Å². The number of nitrogens with zero attached hydrogens (tertiary/aromatic N) is 1. The van der Waals surface area contributed by atoms with Crippen LogP contribution in [0, 0.1) is 19.3 Å². The lowest BCUT2D eigenvalue weighted by molar-refractivity contribution is 0.0518. The number of piperidine rings is 1. The Labute approximate surface area is 145 Å². The van der Waals surface area contributed by atoms with Crippen molar-refractivity contribution < 1.29 is 14.6 Å². The zero-order valence-corrected chi connectivity index (χ0v) is 15.1. The lowest BCUT2D eigenvalue weighted by atomic mass is 9.77. The van der Waals surface area contributed by atoms with E-state index in [1.54, 1.807) is 0 Å². The van der Waals surface area contributed by atoms with Crippen LogP contribution in [0.25, 0.3) is 0 Å². The van der Waals surface area contributed by atoms with Crippen molar-refractivity contribution in [3.8, 4) is 5.75 Å². The van der Waals surface area contributed by atoms with Gasteiger partial charge in [0.05, 0.1) is 6.54 Å². The SMILES string of the molecule is CCC1(CO)CCN(C(=O)NCCOc2cc(C)cc(C)c2)CC1. The molecule has 1 heterocycles. The van der Waals surface area contributed by atoms with E-state index in [0.717, 1.165) is 25.0 Å². The molecule has 1 saturated heterocycles. The molecule has 1 aromatic carbocycles. The maximum atomic E-state index is 12.2. The van der Waals surface area contributed by atoms with Crippen LogP contribution in [0.3, 0.4) is 0 Å². The number of amides is 2. The molecular formula is C19H30N2O3. The van der Waals surface area contributed by atoms with Gasteiger partial charge in [-0.15, -0.1) is 0 Å². The van der Waals surface area contributed by atoms with Gasteiger partial charge in [-0.05, 0) is 61.8 Å². The number of ether oxygens (including phenoxy) is 1. The van der Waals surface area contributed by atoms with E-state index in [9.17, 15) is 9.90 Å². The Bertz CT molecular complexity index is 525. The van der Waals surface area contributed by atoms with Gasteiger partial charge in [0.25, 0.3) is 0 Å². The summed E-state index contributed by atoms with van der Waals surface area (Å²) < 4.78 is 5.71. The number of urea groups is 1. The number of hydrogen-bond acceptors (Lipinski definition) is 3. The van der Waals surface area contributed by atoms with Crippen LogP contribution in [0.4, 0.5) is 4.79 Å². The van der Waals surface area contributed by atoms with E-state index >= 15 is 0 Å². The predicted molar refractivity (Wildman–Crippen MR) is 95.4 cm³/mol. The van der Waals surface area contributed by atoms with Crippen LogP contribution < -0.4 is 10.1 Å². The van der Waals surface area contributed by atoms with Gasteiger partial charge in [0.2, 0.25) is 0 Å². The van der Waals surface area contributed by atoms with Crippen molar-refractivity contribution in [2.75, 3.05) is 32.8 Å². The van der Waals surface area contributed by atoms with E-state index in [2.05, 4.69) is 18.3 Å². The van der Waals surface area contributed by atoms with Crippen LogP contribution in [0.1, 0.15) is 37.3 Å². The molecule has 2 rings (SSSR count).